The van der Waals surface area contributed by atoms with Gasteiger partial charge in [0.15, 0.2) is 0 Å². The van der Waals surface area contributed by atoms with Crippen LogP contribution in [0, 0.1) is 0 Å². The second-order valence-electron chi connectivity index (χ2n) is 6.18. The first-order valence-electron chi connectivity index (χ1n) is 7.18. The SMILES string of the molecule is COc1cccc(C(N)c2ccc3c(c2)C(C)(C)CO3)c1. The Bertz CT molecular complexity index is 664. The molecule has 0 saturated carbocycles. The molecule has 0 saturated heterocycles. The smallest absolute Gasteiger partial charge is 0.123 e. The number of methoxy groups -OCH3 is 1. The Morgan fingerprint density at radius 2 is 1.90 bits per heavy atom. The van der Waals surface area contributed by atoms with Gasteiger partial charge in [-0.3, -0.25) is 0 Å². The summed E-state index contributed by atoms with van der Waals surface area (Å²) >= 11 is 0. The second kappa shape index (κ2) is 5.08. The molecule has 21 heavy (non-hydrogen) atoms. The summed E-state index contributed by atoms with van der Waals surface area (Å²) in [5.74, 6) is 1.80. The molecule has 2 aromatic carbocycles. The Kier molecular flexibility index (Phi) is 3.38. The molecule has 0 aliphatic carbocycles. The molecule has 2 N–H and O–H groups in total. The summed E-state index contributed by atoms with van der Waals surface area (Å²) < 4.78 is 11.0. The van der Waals surface area contributed by atoms with Gasteiger partial charge in [-0.05, 0) is 35.4 Å². The zero-order valence-electron chi connectivity index (χ0n) is 12.7. The fraction of sp³-hybridized carbons (Fsp3) is 0.333. The van der Waals surface area contributed by atoms with E-state index in [-0.39, 0.29) is 11.5 Å². The van der Waals surface area contributed by atoms with Crippen molar-refractivity contribution in [1.82, 2.24) is 0 Å². The largest absolute Gasteiger partial charge is 0.497 e. The molecule has 110 valence electrons. The number of ether oxygens (including phenoxy) is 2. The molecule has 0 amide bonds. The zero-order chi connectivity index (χ0) is 15.0. The van der Waals surface area contributed by atoms with Gasteiger partial charge in [0.1, 0.15) is 11.5 Å². The van der Waals surface area contributed by atoms with E-state index in [0.717, 1.165) is 29.2 Å². The van der Waals surface area contributed by atoms with E-state index < -0.39 is 0 Å². The molecule has 1 heterocycles. The van der Waals surface area contributed by atoms with Gasteiger partial charge in [0, 0.05) is 11.0 Å². The lowest BCUT2D eigenvalue weighted by Gasteiger charge is -2.18. The van der Waals surface area contributed by atoms with Gasteiger partial charge < -0.3 is 15.2 Å². The molecule has 3 nitrogen and oxygen atoms in total. The minimum absolute atomic E-state index is 0.0411. The van der Waals surface area contributed by atoms with Crippen molar-refractivity contribution in [1.29, 1.82) is 0 Å². The lowest BCUT2D eigenvalue weighted by atomic mass is 9.85. The minimum atomic E-state index is -0.165. The Morgan fingerprint density at radius 3 is 2.67 bits per heavy atom. The molecule has 1 aliphatic heterocycles. The third kappa shape index (κ3) is 2.49. The van der Waals surface area contributed by atoms with E-state index in [9.17, 15) is 0 Å². The molecule has 0 bridgehead atoms. The van der Waals surface area contributed by atoms with Gasteiger partial charge in [0.05, 0.1) is 19.8 Å². The maximum Gasteiger partial charge on any atom is 0.123 e. The first kappa shape index (κ1) is 14.0. The van der Waals surface area contributed by atoms with Gasteiger partial charge in [-0.25, -0.2) is 0 Å². The molecule has 1 unspecified atom stereocenters. The van der Waals surface area contributed by atoms with Crippen molar-refractivity contribution in [2.75, 3.05) is 13.7 Å². The minimum Gasteiger partial charge on any atom is -0.497 e. The predicted molar refractivity (Wildman–Crippen MR) is 84.0 cm³/mol. The first-order valence-corrected chi connectivity index (χ1v) is 7.18. The third-order valence-corrected chi connectivity index (χ3v) is 4.13. The summed E-state index contributed by atoms with van der Waals surface area (Å²) in [6, 6.07) is 14.0. The van der Waals surface area contributed by atoms with Crippen molar-refractivity contribution in [3.8, 4) is 11.5 Å². The van der Waals surface area contributed by atoms with E-state index in [4.69, 9.17) is 15.2 Å². The Hall–Kier alpha value is -2.00. The van der Waals surface area contributed by atoms with Crippen molar-refractivity contribution in [2.24, 2.45) is 5.73 Å². The van der Waals surface area contributed by atoms with Crippen molar-refractivity contribution >= 4 is 0 Å². The van der Waals surface area contributed by atoms with Crippen LogP contribution in [0.25, 0.3) is 0 Å². The molecule has 0 spiro atoms. The van der Waals surface area contributed by atoms with Crippen LogP contribution in [0.5, 0.6) is 11.5 Å². The highest BCUT2D eigenvalue weighted by Crippen LogP contribution is 2.40. The molecule has 0 radical (unpaired) electrons. The number of nitrogens with two attached hydrogens (primary N) is 1. The summed E-state index contributed by atoms with van der Waals surface area (Å²) in [5.41, 5.74) is 9.85. The molecule has 3 heteroatoms. The number of fused-ring (bicyclic) bond motifs is 1. The summed E-state index contributed by atoms with van der Waals surface area (Å²) in [4.78, 5) is 0. The van der Waals surface area contributed by atoms with Crippen molar-refractivity contribution in [3.63, 3.8) is 0 Å². The van der Waals surface area contributed by atoms with Crippen molar-refractivity contribution in [2.45, 2.75) is 25.3 Å². The van der Waals surface area contributed by atoms with Crippen LogP contribution in [0.3, 0.4) is 0 Å². The first-order chi connectivity index (χ1) is 10.0. The predicted octanol–water partition coefficient (Wildman–Crippen LogP) is 3.41. The lowest BCUT2D eigenvalue weighted by molar-refractivity contribution is 0.291. The molecule has 3 rings (SSSR count). The van der Waals surface area contributed by atoms with E-state index >= 15 is 0 Å². The van der Waals surface area contributed by atoms with Crippen molar-refractivity contribution < 1.29 is 9.47 Å². The molecule has 2 aromatic rings. The van der Waals surface area contributed by atoms with Crippen LogP contribution >= 0.6 is 0 Å². The standard InChI is InChI=1S/C18H21NO2/c1-18(2)11-21-16-8-7-13(10-15(16)18)17(19)12-5-4-6-14(9-12)20-3/h4-10,17H,11,19H2,1-3H3. The summed E-state index contributed by atoms with van der Waals surface area (Å²) in [5, 5.41) is 0. The van der Waals surface area contributed by atoms with E-state index in [1.807, 2.05) is 36.4 Å². The average Bonchev–Trinajstić information content (AvgIpc) is 2.81. The van der Waals surface area contributed by atoms with Gasteiger partial charge in [0.25, 0.3) is 0 Å². The Morgan fingerprint density at radius 1 is 1.14 bits per heavy atom. The Labute approximate surface area is 125 Å². The average molecular weight is 283 g/mol. The highest BCUT2D eigenvalue weighted by Gasteiger charge is 2.32. The van der Waals surface area contributed by atoms with Gasteiger partial charge in [-0.2, -0.15) is 0 Å². The molecule has 1 atom stereocenters. The van der Waals surface area contributed by atoms with Gasteiger partial charge >= 0.3 is 0 Å². The zero-order valence-corrected chi connectivity index (χ0v) is 12.7. The fourth-order valence-electron chi connectivity index (χ4n) is 2.76. The van der Waals surface area contributed by atoms with Crippen LogP contribution in [0.1, 0.15) is 36.6 Å². The van der Waals surface area contributed by atoms with Crippen LogP contribution < -0.4 is 15.2 Å². The maximum absolute atomic E-state index is 6.43. The van der Waals surface area contributed by atoms with Crippen LogP contribution in [0.15, 0.2) is 42.5 Å². The van der Waals surface area contributed by atoms with Crippen molar-refractivity contribution in [3.05, 3.63) is 59.2 Å². The number of hydrogen-bond acceptors (Lipinski definition) is 3. The van der Waals surface area contributed by atoms with Crippen LogP contribution in [0.4, 0.5) is 0 Å². The fourth-order valence-corrected chi connectivity index (χ4v) is 2.76. The summed E-state index contributed by atoms with van der Waals surface area (Å²) in [6.07, 6.45) is 0. The maximum atomic E-state index is 6.43. The lowest BCUT2D eigenvalue weighted by Crippen LogP contribution is -2.19. The quantitative estimate of drug-likeness (QED) is 0.938. The van der Waals surface area contributed by atoms with Crippen LogP contribution in [-0.4, -0.2) is 13.7 Å². The van der Waals surface area contributed by atoms with Crippen LogP contribution in [-0.2, 0) is 5.41 Å². The second-order valence-corrected chi connectivity index (χ2v) is 6.18. The van der Waals surface area contributed by atoms with E-state index in [0.29, 0.717) is 0 Å². The van der Waals surface area contributed by atoms with Crippen LogP contribution in [0.2, 0.25) is 0 Å². The van der Waals surface area contributed by atoms with Gasteiger partial charge in [-0.1, -0.05) is 32.0 Å². The number of rotatable bonds is 3. The third-order valence-electron chi connectivity index (χ3n) is 4.13. The topological polar surface area (TPSA) is 44.5 Å². The highest BCUT2D eigenvalue weighted by molar-refractivity contribution is 5.47. The number of benzene rings is 2. The summed E-state index contributed by atoms with van der Waals surface area (Å²) in [6.45, 7) is 5.11. The summed E-state index contributed by atoms with van der Waals surface area (Å²) in [7, 11) is 1.67. The molecule has 1 aliphatic rings. The van der Waals surface area contributed by atoms with E-state index in [1.165, 1.54) is 5.56 Å². The highest BCUT2D eigenvalue weighted by atomic mass is 16.5. The Balaban J connectivity index is 1.97. The van der Waals surface area contributed by atoms with Gasteiger partial charge in [-0.15, -0.1) is 0 Å². The van der Waals surface area contributed by atoms with Gasteiger partial charge in [0.2, 0.25) is 0 Å². The number of hydrogen-bond donors (Lipinski definition) is 1. The molecule has 0 fully saturated rings. The van der Waals surface area contributed by atoms with E-state index in [2.05, 4.69) is 19.9 Å². The molecule has 0 aromatic heterocycles. The molecular formula is C18H21NO2. The normalized spacial score (nSPS) is 17.0. The van der Waals surface area contributed by atoms with E-state index in [1.54, 1.807) is 7.11 Å². The molecular weight excluding hydrogens is 262 g/mol. The monoisotopic (exact) mass is 283 g/mol.